The lowest BCUT2D eigenvalue weighted by Gasteiger charge is -2.27. The summed E-state index contributed by atoms with van der Waals surface area (Å²) in [5.74, 6) is -0.264. The van der Waals surface area contributed by atoms with Gasteiger partial charge < -0.3 is 15.2 Å². The van der Waals surface area contributed by atoms with Gasteiger partial charge in [-0.15, -0.1) is 0 Å². The van der Waals surface area contributed by atoms with E-state index in [0.717, 1.165) is 25.7 Å². The number of aliphatic hydroxyl groups is 1. The molecule has 1 fully saturated rings. The minimum absolute atomic E-state index is 0.166. The van der Waals surface area contributed by atoms with Crippen LogP contribution < -0.4 is 5.32 Å². The molecule has 2 N–H and O–H groups in total. The molecular weight excluding hydrogens is 230 g/mol. The van der Waals surface area contributed by atoms with Gasteiger partial charge in [-0.2, -0.15) is 0 Å². The molecule has 0 aromatic heterocycles. The molecule has 1 aliphatic rings. The molecular formula is C14H27NO3. The van der Waals surface area contributed by atoms with Gasteiger partial charge in [-0.1, -0.05) is 25.7 Å². The van der Waals surface area contributed by atoms with Crippen LogP contribution in [0.1, 0.15) is 59.3 Å². The summed E-state index contributed by atoms with van der Waals surface area (Å²) in [5.41, 5.74) is -1.09. The van der Waals surface area contributed by atoms with Gasteiger partial charge in [-0.3, -0.25) is 4.79 Å². The number of carbonyl (C=O) groups is 1. The maximum Gasteiger partial charge on any atom is 0.320 e. The van der Waals surface area contributed by atoms with Crippen molar-refractivity contribution in [1.82, 2.24) is 5.32 Å². The molecule has 0 bridgehead atoms. The third-order valence-electron chi connectivity index (χ3n) is 3.18. The van der Waals surface area contributed by atoms with Crippen molar-refractivity contribution in [3.63, 3.8) is 0 Å². The fourth-order valence-electron chi connectivity index (χ4n) is 2.34. The van der Waals surface area contributed by atoms with Gasteiger partial charge in [0.2, 0.25) is 0 Å². The van der Waals surface area contributed by atoms with Crippen LogP contribution in [0.3, 0.4) is 0 Å². The van der Waals surface area contributed by atoms with Gasteiger partial charge in [0.15, 0.2) is 0 Å². The van der Waals surface area contributed by atoms with Crippen LogP contribution >= 0.6 is 0 Å². The highest BCUT2D eigenvalue weighted by Crippen LogP contribution is 2.26. The quantitative estimate of drug-likeness (QED) is 0.597. The fourth-order valence-corrected chi connectivity index (χ4v) is 2.34. The molecule has 0 saturated heterocycles. The first-order chi connectivity index (χ1) is 8.31. The minimum atomic E-state index is -0.640. The maximum atomic E-state index is 11.5. The summed E-state index contributed by atoms with van der Waals surface area (Å²) >= 11 is 0. The zero-order valence-corrected chi connectivity index (χ0v) is 11.9. The monoisotopic (exact) mass is 257 g/mol. The maximum absolute atomic E-state index is 11.5. The van der Waals surface area contributed by atoms with Crippen LogP contribution in [0, 0.1) is 0 Å². The van der Waals surface area contributed by atoms with E-state index in [9.17, 15) is 9.90 Å². The van der Waals surface area contributed by atoms with Crippen LogP contribution in [0.5, 0.6) is 0 Å². The average molecular weight is 257 g/mol. The smallest absolute Gasteiger partial charge is 0.320 e. The van der Waals surface area contributed by atoms with E-state index in [1.54, 1.807) is 0 Å². The van der Waals surface area contributed by atoms with Crippen molar-refractivity contribution in [2.45, 2.75) is 70.5 Å². The number of hydrogen-bond donors (Lipinski definition) is 2. The van der Waals surface area contributed by atoms with E-state index in [0.29, 0.717) is 6.54 Å². The Balaban J connectivity index is 2.25. The predicted octanol–water partition coefficient (Wildman–Crippen LogP) is 2.00. The van der Waals surface area contributed by atoms with Crippen molar-refractivity contribution in [3.05, 3.63) is 0 Å². The van der Waals surface area contributed by atoms with E-state index in [-0.39, 0.29) is 12.5 Å². The Morgan fingerprint density at radius 2 is 1.78 bits per heavy atom. The number of hydrogen-bond acceptors (Lipinski definition) is 4. The minimum Gasteiger partial charge on any atom is -0.459 e. The Hall–Kier alpha value is -0.610. The summed E-state index contributed by atoms with van der Waals surface area (Å²) in [6, 6.07) is 0. The number of carbonyl (C=O) groups excluding carboxylic acids is 1. The Morgan fingerprint density at radius 1 is 1.22 bits per heavy atom. The van der Waals surface area contributed by atoms with Crippen LogP contribution in [0.25, 0.3) is 0 Å². The number of nitrogens with one attached hydrogen (secondary N) is 1. The van der Waals surface area contributed by atoms with E-state index in [2.05, 4.69) is 5.32 Å². The van der Waals surface area contributed by atoms with E-state index in [4.69, 9.17) is 4.74 Å². The second kappa shape index (κ2) is 6.53. The molecule has 0 amide bonds. The molecule has 1 saturated carbocycles. The molecule has 4 heteroatoms. The van der Waals surface area contributed by atoms with Gasteiger partial charge in [0, 0.05) is 6.54 Å². The van der Waals surface area contributed by atoms with Crippen molar-refractivity contribution in [2.24, 2.45) is 0 Å². The molecule has 0 unspecified atom stereocenters. The van der Waals surface area contributed by atoms with Crippen molar-refractivity contribution < 1.29 is 14.6 Å². The lowest BCUT2D eigenvalue weighted by atomic mass is 9.94. The molecule has 1 rings (SSSR count). The molecule has 0 aliphatic heterocycles. The van der Waals surface area contributed by atoms with E-state index in [1.807, 2.05) is 20.8 Å². The van der Waals surface area contributed by atoms with Crippen LogP contribution in [-0.4, -0.2) is 35.4 Å². The SMILES string of the molecule is CC(C)(C)OC(=O)CNCC1(O)CCCCCC1. The van der Waals surface area contributed by atoms with Crippen LogP contribution in [-0.2, 0) is 9.53 Å². The van der Waals surface area contributed by atoms with E-state index in [1.165, 1.54) is 12.8 Å². The topological polar surface area (TPSA) is 58.6 Å². The van der Waals surface area contributed by atoms with Crippen molar-refractivity contribution in [1.29, 1.82) is 0 Å². The molecule has 18 heavy (non-hydrogen) atoms. The standard InChI is InChI=1S/C14H27NO3/c1-13(2,3)18-12(16)10-15-11-14(17)8-6-4-5-7-9-14/h15,17H,4-11H2,1-3H3. The Bertz CT molecular complexity index is 263. The lowest BCUT2D eigenvalue weighted by molar-refractivity contribution is -0.153. The molecule has 0 heterocycles. The summed E-state index contributed by atoms with van der Waals surface area (Å²) in [4.78, 5) is 11.5. The van der Waals surface area contributed by atoms with Gasteiger partial charge >= 0.3 is 5.97 Å². The molecule has 0 atom stereocenters. The number of ether oxygens (including phenoxy) is 1. The summed E-state index contributed by atoms with van der Waals surface area (Å²) in [5, 5.41) is 13.4. The van der Waals surface area contributed by atoms with Gasteiger partial charge in [-0.05, 0) is 33.6 Å². The molecule has 0 aromatic carbocycles. The third kappa shape index (κ3) is 6.36. The van der Waals surface area contributed by atoms with Gasteiger partial charge in [0.1, 0.15) is 5.60 Å². The Morgan fingerprint density at radius 3 is 2.28 bits per heavy atom. The van der Waals surface area contributed by atoms with Gasteiger partial charge in [-0.25, -0.2) is 0 Å². The van der Waals surface area contributed by atoms with Crippen LogP contribution in [0.15, 0.2) is 0 Å². The number of rotatable bonds is 4. The molecule has 0 spiro atoms. The average Bonchev–Trinajstić information content (AvgIpc) is 2.40. The molecule has 1 aliphatic carbocycles. The van der Waals surface area contributed by atoms with Crippen molar-refractivity contribution in [3.8, 4) is 0 Å². The first kappa shape index (κ1) is 15.4. The highest BCUT2D eigenvalue weighted by molar-refractivity contribution is 5.72. The highest BCUT2D eigenvalue weighted by atomic mass is 16.6. The summed E-state index contributed by atoms with van der Waals surface area (Å²) < 4.78 is 5.20. The largest absolute Gasteiger partial charge is 0.459 e. The highest BCUT2D eigenvalue weighted by Gasteiger charge is 2.27. The Labute approximate surface area is 110 Å². The normalized spacial score (nSPS) is 20.2. The second-order valence-corrected chi connectivity index (χ2v) is 6.33. The second-order valence-electron chi connectivity index (χ2n) is 6.33. The molecule has 0 aromatic rings. The lowest BCUT2D eigenvalue weighted by Crippen LogP contribution is -2.42. The van der Waals surface area contributed by atoms with E-state index < -0.39 is 11.2 Å². The van der Waals surface area contributed by atoms with Crippen molar-refractivity contribution >= 4 is 5.97 Å². The summed E-state index contributed by atoms with van der Waals surface area (Å²) in [6.45, 7) is 6.20. The molecule has 0 radical (unpaired) electrons. The zero-order valence-electron chi connectivity index (χ0n) is 11.9. The molecule has 4 nitrogen and oxygen atoms in total. The third-order valence-corrected chi connectivity index (χ3v) is 3.18. The first-order valence-electron chi connectivity index (χ1n) is 6.96. The summed E-state index contributed by atoms with van der Waals surface area (Å²) in [6.07, 6.45) is 6.21. The first-order valence-corrected chi connectivity index (χ1v) is 6.96. The summed E-state index contributed by atoms with van der Waals surface area (Å²) in [7, 11) is 0. The fraction of sp³-hybridized carbons (Fsp3) is 0.929. The van der Waals surface area contributed by atoms with Crippen LogP contribution in [0.2, 0.25) is 0 Å². The van der Waals surface area contributed by atoms with E-state index >= 15 is 0 Å². The number of esters is 1. The Kier molecular flexibility index (Phi) is 5.60. The van der Waals surface area contributed by atoms with Crippen molar-refractivity contribution in [2.75, 3.05) is 13.1 Å². The van der Waals surface area contributed by atoms with Gasteiger partial charge in [0.25, 0.3) is 0 Å². The van der Waals surface area contributed by atoms with Gasteiger partial charge in [0.05, 0.1) is 12.1 Å². The zero-order chi connectivity index (χ0) is 13.6. The predicted molar refractivity (Wildman–Crippen MR) is 71.4 cm³/mol. The van der Waals surface area contributed by atoms with Crippen LogP contribution in [0.4, 0.5) is 0 Å². The molecule has 106 valence electrons.